The van der Waals surface area contributed by atoms with Gasteiger partial charge in [-0.2, -0.15) is 0 Å². The maximum atomic E-state index is 9.26. The predicted molar refractivity (Wildman–Crippen MR) is 85.2 cm³/mol. The van der Waals surface area contributed by atoms with E-state index < -0.39 is 0 Å². The van der Waals surface area contributed by atoms with Crippen LogP contribution in [0.2, 0.25) is 5.02 Å². The molecule has 1 aliphatic carbocycles. The fraction of sp³-hybridized carbons (Fsp3) is 0.312. The molecule has 20 heavy (non-hydrogen) atoms. The molecule has 0 atom stereocenters. The minimum absolute atomic E-state index is 0.149. The van der Waals surface area contributed by atoms with Crippen molar-refractivity contribution in [2.24, 2.45) is 10.6 Å². The minimum Gasteiger partial charge on any atom is -0.411 e. The van der Waals surface area contributed by atoms with Gasteiger partial charge in [0, 0.05) is 20.3 Å². The molecular weight excluding hydrogens is 290 g/mol. The van der Waals surface area contributed by atoms with Crippen LogP contribution < -0.4 is 0 Å². The van der Waals surface area contributed by atoms with Gasteiger partial charge < -0.3 is 5.21 Å². The average Bonchev–Trinajstić information content (AvgIpc) is 2.80. The SMILES string of the molecule is CC1(C)C/C(=N\O)c2cc(-c3ccc(Cl)cc3)sc2C1. The molecule has 104 valence electrons. The van der Waals surface area contributed by atoms with E-state index in [1.807, 2.05) is 24.3 Å². The highest BCUT2D eigenvalue weighted by Gasteiger charge is 2.31. The van der Waals surface area contributed by atoms with Crippen LogP contribution in [-0.2, 0) is 6.42 Å². The zero-order valence-corrected chi connectivity index (χ0v) is 13.1. The Labute approximate surface area is 127 Å². The van der Waals surface area contributed by atoms with Crippen molar-refractivity contribution in [3.8, 4) is 10.4 Å². The highest BCUT2D eigenvalue weighted by Crippen LogP contribution is 2.42. The van der Waals surface area contributed by atoms with Crippen LogP contribution in [0.4, 0.5) is 0 Å². The second-order valence-electron chi connectivity index (χ2n) is 6.02. The van der Waals surface area contributed by atoms with Gasteiger partial charge in [-0.05, 0) is 42.0 Å². The van der Waals surface area contributed by atoms with Crippen LogP contribution in [-0.4, -0.2) is 10.9 Å². The first-order valence-corrected chi connectivity index (χ1v) is 7.78. The Morgan fingerprint density at radius 2 is 1.90 bits per heavy atom. The number of hydrogen-bond donors (Lipinski definition) is 1. The summed E-state index contributed by atoms with van der Waals surface area (Å²) in [5.74, 6) is 0. The van der Waals surface area contributed by atoms with Crippen molar-refractivity contribution in [1.82, 2.24) is 0 Å². The van der Waals surface area contributed by atoms with Gasteiger partial charge in [0.15, 0.2) is 0 Å². The molecule has 0 saturated heterocycles. The molecule has 1 aliphatic rings. The lowest BCUT2D eigenvalue weighted by molar-refractivity contribution is 0.307. The molecule has 2 aromatic rings. The summed E-state index contributed by atoms with van der Waals surface area (Å²) in [6, 6.07) is 10.00. The normalized spacial score (nSPS) is 19.1. The summed E-state index contributed by atoms with van der Waals surface area (Å²) in [5.41, 5.74) is 3.20. The molecule has 0 bridgehead atoms. The Balaban J connectivity index is 2.06. The van der Waals surface area contributed by atoms with E-state index in [0.29, 0.717) is 0 Å². The largest absolute Gasteiger partial charge is 0.411 e. The summed E-state index contributed by atoms with van der Waals surface area (Å²) in [4.78, 5) is 2.50. The Morgan fingerprint density at radius 3 is 2.55 bits per heavy atom. The summed E-state index contributed by atoms with van der Waals surface area (Å²) < 4.78 is 0. The molecule has 2 nitrogen and oxygen atoms in total. The van der Waals surface area contributed by atoms with E-state index in [9.17, 15) is 5.21 Å². The third-order valence-corrected chi connectivity index (χ3v) is 5.09. The molecule has 0 radical (unpaired) electrons. The summed E-state index contributed by atoms with van der Waals surface area (Å²) in [6.45, 7) is 4.42. The standard InChI is InChI=1S/C16H16ClNOS/c1-16(2)8-13(18-19)12-7-14(20-15(12)9-16)10-3-5-11(17)6-4-10/h3-7,19H,8-9H2,1-2H3/b18-13+. The highest BCUT2D eigenvalue weighted by molar-refractivity contribution is 7.15. The lowest BCUT2D eigenvalue weighted by Crippen LogP contribution is -2.26. The summed E-state index contributed by atoms with van der Waals surface area (Å²) in [6.07, 6.45) is 1.84. The van der Waals surface area contributed by atoms with Gasteiger partial charge in [0.1, 0.15) is 0 Å². The Bertz CT molecular complexity index is 670. The van der Waals surface area contributed by atoms with Gasteiger partial charge >= 0.3 is 0 Å². The summed E-state index contributed by atoms with van der Waals surface area (Å²) in [5, 5.41) is 13.5. The van der Waals surface area contributed by atoms with Crippen molar-refractivity contribution in [3.63, 3.8) is 0 Å². The van der Waals surface area contributed by atoms with Crippen LogP contribution in [0.5, 0.6) is 0 Å². The number of thiophene rings is 1. The topological polar surface area (TPSA) is 32.6 Å². The molecule has 0 aliphatic heterocycles. The molecule has 1 N–H and O–H groups in total. The Hall–Kier alpha value is -1.32. The number of fused-ring (bicyclic) bond motifs is 1. The first-order valence-electron chi connectivity index (χ1n) is 6.58. The molecule has 0 unspecified atom stereocenters. The van der Waals surface area contributed by atoms with E-state index in [4.69, 9.17) is 11.6 Å². The maximum absolute atomic E-state index is 9.26. The number of rotatable bonds is 1. The third-order valence-electron chi connectivity index (χ3n) is 3.65. The van der Waals surface area contributed by atoms with E-state index in [1.54, 1.807) is 11.3 Å². The maximum Gasteiger partial charge on any atom is 0.0884 e. The molecule has 0 spiro atoms. The van der Waals surface area contributed by atoms with Gasteiger partial charge in [-0.1, -0.05) is 42.7 Å². The number of hydrogen-bond acceptors (Lipinski definition) is 3. The van der Waals surface area contributed by atoms with Gasteiger partial charge in [0.25, 0.3) is 0 Å². The van der Waals surface area contributed by atoms with Crippen molar-refractivity contribution >= 4 is 28.6 Å². The molecule has 0 amide bonds. The van der Waals surface area contributed by atoms with Crippen molar-refractivity contribution in [1.29, 1.82) is 0 Å². The van der Waals surface area contributed by atoms with Crippen LogP contribution in [0.25, 0.3) is 10.4 Å². The predicted octanol–water partition coefficient (Wildman–Crippen LogP) is 5.22. The van der Waals surface area contributed by atoms with E-state index in [0.717, 1.165) is 34.7 Å². The quantitative estimate of drug-likeness (QED) is 0.568. The molecule has 0 saturated carbocycles. The lowest BCUT2D eigenvalue weighted by atomic mass is 9.76. The molecule has 4 heteroatoms. The molecule has 0 fully saturated rings. The van der Waals surface area contributed by atoms with Gasteiger partial charge in [0.2, 0.25) is 0 Å². The molecule has 1 aromatic heterocycles. The van der Waals surface area contributed by atoms with Crippen LogP contribution >= 0.6 is 22.9 Å². The lowest BCUT2D eigenvalue weighted by Gasteiger charge is -2.29. The van der Waals surface area contributed by atoms with Crippen molar-refractivity contribution in [2.75, 3.05) is 0 Å². The van der Waals surface area contributed by atoms with Crippen LogP contribution in [0.15, 0.2) is 35.5 Å². The van der Waals surface area contributed by atoms with E-state index in [-0.39, 0.29) is 5.41 Å². The highest BCUT2D eigenvalue weighted by atomic mass is 35.5. The van der Waals surface area contributed by atoms with Crippen LogP contribution in [0.1, 0.15) is 30.7 Å². The number of nitrogens with zero attached hydrogens (tertiary/aromatic N) is 1. The van der Waals surface area contributed by atoms with E-state index in [2.05, 4.69) is 25.1 Å². The minimum atomic E-state index is 0.149. The molecule has 1 heterocycles. The van der Waals surface area contributed by atoms with Crippen molar-refractivity contribution < 1.29 is 5.21 Å². The summed E-state index contributed by atoms with van der Waals surface area (Å²) >= 11 is 7.72. The second-order valence-corrected chi connectivity index (χ2v) is 7.59. The van der Waals surface area contributed by atoms with E-state index in [1.165, 1.54) is 9.75 Å². The van der Waals surface area contributed by atoms with E-state index >= 15 is 0 Å². The smallest absolute Gasteiger partial charge is 0.0884 e. The molecular formula is C16H16ClNOS. The monoisotopic (exact) mass is 305 g/mol. The van der Waals surface area contributed by atoms with Gasteiger partial charge in [-0.15, -0.1) is 11.3 Å². The first-order chi connectivity index (χ1) is 9.48. The van der Waals surface area contributed by atoms with Crippen LogP contribution in [0, 0.1) is 5.41 Å². The number of halogens is 1. The fourth-order valence-corrected chi connectivity index (χ4v) is 4.27. The zero-order chi connectivity index (χ0) is 14.3. The van der Waals surface area contributed by atoms with Crippen molar-refractivity contribution in [2.45, 2.75) is 26.7 Å². The molecule has 3 rings (SSSR count). The number of oxime groups is 1. The van der Waals surface area contributed by atoms with Gasteiger partial charge in [-0.3, -0.25) is 0 Å². The third kappa shape index (κ3) is 2.48. The molecule has 1 aromatic carbocycles. The Kier molecular flexibility index (Phi) is 3.35. The van der Waals surface area contributed by atoms with Gasteiger partial charge in [-0.25, -0.2) is 0 Å². The second kappa shape index (κ2) is 4.90. The fourth-order valence-electron chi connectivity index (χ4n) is 2.70. The Morgan fingerprint density at radius 1 is 1.20 bits per heavy atom. The van der Waals surface area contributed by atoms with Gasteiger partial charge in [0.05, 0.1) is 5.71 Å². The zero-order valence-electron chi connectivity index (χ0n) is 11.5. The van der Waals surface area contributed by atoms with Crippen molar-refractivity contribution in [3.05, 3.63) is 45.8 Å². The average molecular weight is 306 g/mol. The van der Waals surface area contributed by atoms with Crippen LogP contribution in [0.3, 0.4) is 0 Å². The number of benzene rings is 1. The summed E-state index contributed by atoms with van der Waals surface area (Å²) in [7, 11) is 0. The first kappa shape index (κ1) is 13.7.